The Morgan fingerprint density at radius 3 is 2.19 bits per heavy atom. The predicted molar refractivity (Wildman–Crippen MR) is 121 cm³/mol. The van der Waals surface area contributed by atoms with E-state index in [1.165, 1.54) is 0 Å². The molecule has 168 valence electrons. The maximum absolute atomic E-state index is 13.8. The molecular formula is C25H27NO6. The summed E-state index contributed by atoms with van der Waals surface area (Å²) in [5.41, 5.74) is 1.75. The lowest BCUT2D eigenvalue weighted by Gasteiger charge is -2.43. The lowest BCUT2D eigenvalue weighted by molar-refractivity contribution is 0.0132. The first-order chi connectivity index (χ1) is 15.5. The number of nitrogens with zero attached hydrogens (tertiary/aromatic N) is 1. The molecule has 2 heterocycles. The molecule has 2 atom stereocenters. The Morgan fingerprint density at radius 2 is 1.53 bits per heavy atom. The van der Waals surface area contributed by atoms with Crippen molar-refractivity contribution in [2.24, 2.45) is 0 Å². The summed E-state index contributed by atoms with van der Waals surface area (Å²) in [5, 5.41) is 24.5. The van der Waals surface area contributed by atoms with Crippen LogP contribution in [-0.4, -0.2) is 54.9 Å². The standard InChI is InChI=1S/C25H27NO6/c1-30-19-10-16-14(8-13(19)12-27)15-9-20(31-2)21(32-3)11-17(15)23-22(16)24(28)18-6-4-5-7-26(18)25(23)29/h8-11,18,24,27-28H,4-7,12H2,1-3H3. The van der Waals surface area contributed by atoms with E-state index in [4.69, 9.17) is 14.2 Å². The second-order valence-corrected chi connectivity index (χ2v) is 8.42. The number of carbonyl (C=O) groups excluding carboxylic acids is 1. The van der Waals surface area contributed by atoms with Gasteiger partial charge in [0, 0.05) is 17.7 Å². The average Bonchev–Trinajstić information content (AvgIpc) is 2.84. The molecule has 2 aliphatic rings. The Kier molecular flexibility index (Phi) is 5.10. The fourth-order valence-electron chi connectivity index (χ4n) is 5.38. The SMILES string of the molecule is COc1cc2c3c(c4cc(OC)c(OC)cc4c2cc1CO)C(=O)N1CCCCC1C3O. The highest BCUT2D eigenvalue weighted by atomic mass is 16.5. The molecule has 1 saturated heterocycles. The lowest BCUT2D eigenvalue weighted by Crippen LogP contribution is -2.50. The number of rotatable bonds is 4. The average molecular weight is 437 g/mol. The minimum absolute atomic E-state index is 0.0701. The van der Waals surface area contributed by atoms with Gasteiger partial charge in [-0.1, -0.05) is 0 Å². The summed E-state index contributed by atoms with van der Waals surface area (Å²) in [6.45, 7) is 0.447. The van der Waals surface area contributed by atoms with Gasteiger partial charge in [0.25, 0.3) is 5.91 Å². The number of ether oxygens (including phenoxy) is 3. The zero-order valence-corrected chi connectivity index (χ0v) is 18.5. The molecule has 0 radical (unpaired) electrons. The van der Waals surface area contributed by atoms with Crippen molar-refractivity contribution in [1.29, 1.82) is 0 Å². The zero-order valence-electron chi connectivity index (χ0n) is 18.5. The lowest BCUT2D eigenvalue weighted by atomic mass is 9.80. The van der Waals surface area contributed by atoms with Crippen LogP contribution < -0.4 is 14.2 Å². The van der Waals surface area contributed by atoms with Gasteiger partial charge in [-0.3, -0.25) is 4.79 Å². The molecule has 5 rings (SSSR count). The smallest absolute Gasteiger partial charge is 0.255 e. The summed E-state index contributed by atoms with van der Waals surface area (Å²) in [6.07, 6.45) is 1.87. The number of hydrogen-bond donors (Lipinski definition) is 2. The zero-order chi connectivity index (χ0) is 22.6. The number of aliphatic hydroxyl groups excluding tert-OH is 2. The van der Waals surface area contributed by atoms with E-state index in [1.807, 2.05) is 29.2 Å². The summed E-state index contributed by atoms with van der Waals surface area (Å²) in [5.74, 6) is 1.51. The summed E-state index contributed by atoms with van der Waals surface area (Å²) < 4.78 is 16.6. The van der Waals surface area contributed by atoms with Gasteiger partial charge >= 0.3 is 0 Å². The van der Waals surface area contributed by atoms with E-state index < -0.39 is 6.10 Å². The quantitative estimate of drug-likeness (QED) is 0.607. The fourth-order valence-corrected chi connectivity index (χ4v) is 5.38. The Morgan fingerprint density at radius 1 is 0.906 bits per heavy atom. The number of methoxy groups -OCH3 is 3. The van der Waals surface area contributed by atoms with Crippen LogP contribution in [0.2, 0.25) is 0 Å². The van der Waals surface area contributed by atoms with Gasteiger partial charge < -0.3 is 29.3 Å². The van der Waals surface area contributed by atoms with E-state index in [-0.39, 0.29) is 18.6 Å². The third-order valence-electron chi connectivity index (χ3n) is 6.92. The summed E-state index contributed by atoms with van der Waals surface area (Å²) in [4.78, 5) is 15.6. The third kappa shape index (κ3) is 2.84. The van der Waals surface area contributed by atoms with Gasteiger partial charge in [-0.15, -0.1) is 0 Å². The van der Waals surface area contributed by atoms with Crippen LogP contribution in [-0.2, 0) is 6.61 Å². The van der Waals surface area contributed by atoms with E-state index in [2.05, 4.69) is 0 Å². The second-order valence-electron chi connectivity index (χ2n) is 8.42. The van der Waals surface area contributed by atoms with Gasteiger partial charge in [-0.25, -0.2) is 0 Å². The van der Waals surface area contributed by atoms with Crippen LogP contribution in [0.15, 0.2) is 24.3 Å². The molecule has 7 nitrogen and oxygen atoms in total. The minimum atomic E-state index is -0.812. The highest BCUT2D eigenvalue weighted by Gasteiger charge is 2.42. The molecule has 0 bridgehead atoms. The topological polar surface area (TPSA) is 88.5 Å². The normalized spacial score (nSPS) is 20.3. The van der Waals surface area contributed by atoms with E-state index in [1.54, 1.807) is 21.3 Å². The van der Waals surface area contributed by atoms with Crippen molar-refractivity contribution >= 4 is 27.5 Å². The molecule has 1 amide bonds. The van der Waals surface area contributed by atoms with Crippen LogP contribution in [0.4, 0.5) is 0 Å². The predicted octanol–water partition coefficient (Wildman–Crippen LogP) is 3.55. The second kappa shape index (κ2) is 7.83. The Balaban J connectivity index is 1.96. The van der Waals surface area contributed by atoms with Crippen molar-refractivity contribution in [1.82, 2.24) is 4.90 Å². The first kappa shape index (κ1) is 20.8. The number of carbonyl (C=O) groups is 1. The van der Waals surface area contributed by atoms with Crippen molar-refractivity contribution < 1.29 is 29.2 Å². The van der Waals surface area contributed by atoms with Crippen LogP contribution in [0.3, 0.4) is 0 Å². The first-order valence-electron chi connectivity index (χ1n) is 10.9. The maximum Gasteiger partial charge on any atom is 0.255 e. The minimum Gasteiger partial charge on any atom is -0.496 e. The molecule has 1 fully saturated rings. The van der Waals surface area contributed by atoms with Crippen molar-refractivity contribution in [2.75, 3.05) is 27.9 Å². The van der Waals surface area contributed by atoms with Crippen LogP contribution in [0.25, 0.3) is 21.5 Å². The molecule has 2 N–H and O–H groups in total. The number of aliphatic hydroxyl groups is 2. The van der Waals surface area contributed by atoms with E-state index in [0.29, 0.717) is 45.9 Å². The molecule has 3 aromatic carbocycles. The van der Waals surface area contributed by atoms with E-state index in [0.717, 1.165) is 35.4 Å². The van der Waals surface area contributed by atoms with Gasteiger partial charge in [-0.2, -0.15) is 0 Å². The number of hydrogen-bond acceptors (Lipinski definition) is 6. The van der Waals surface area contributed by atoms with Crippen LogP contribution in [0, 0.1) is 0 Å². The van der Waals surface area contributed by atoms with Gasteiger partial charge in [0.2, 0.25) is 0 Å². The van der Waals surface area contributed by atoms with Crippen LogP contribution >= 0.6 is 0 Å². The Labute approximate surface area is 186 Å². The Bertz CT molecular complexity index is 1240. The van der Waals surface area contributed by atoms with Crippen LogP contribution in [0.1, 0.15) is 46.9 Å². The summed E-state index contributed by atoms with van der Waals surface area (Å²) in [6, 6.07) is 7.11. The van der Waals surface area contributed by atoms with Gasteiger partial charge in [-0.05, 0) is 65.1 Å². The van der Waals surface area contributed by atoms with Crippen molar-refractivity contribution in [3.8, 4) is 17.2 Å². The molecule has 0 saturated carbocycles. The summed E-state index contributed by atoms with van der Waals surface area (Å²) >= 11 is 0. The molecule has 32 heavy (non-hydrogen) atoms. The molecule has 3 aromatic rings. The van der Waals surface area contributed by atoms with Crippen molar-refractivity contribution in [2.45, 2.75) is 38.0 Å². The van der Waals surface area contributed by atoms with E-state index >= 15 is 0 Å². The monoisotopic (exact) mass is 437 g/mol. The van der Waals surface area contributed by atoms with Gasteiger partial charge in [0.1, 0.15) is 11.9 Å². The third-order valence-corrected chi connectivity index (χ3v) is 6.92. The number of fused-ring (bicyclic) bond motifs is 7. The number of benzene rings is 3. The number of piperidine rings is 1. The highest BCUT2D eigenvalue weighted by molar-refractivity contribution is 6.21. The largest absolute Gasteiger partial charge is 0.496 e. The molecule has 2 aliphatic heterocycles. The number of amides is 1. The molecular weight excluding hydrogens is 410 g/mol. The molecule has 0 aliphatic carbocycles. The van der Waals surface area contributed by atoms with Crippen LogP contribution in [0.5, 0.6) is 17.2 Å². The van der Waals surface area contributed by atoms with Gasteiger partial charge in [0.15, 0.2) is 11.5 Å². The summed E-state index contributed by atoms with van der Waals surface area (Å²) in [7, 11) is 4.68. The Hall–Kier alpha value is -3.03. The maximum atomic E-state index is 13.8. The molecule has 2 unspecified atom stereocenters. The fraction of sp³-hybridized carbons (Fsp3) is 0.400. The van der Waals surface area contributed by atoms with Crippen molar-refractivity contribution in [3.63, 3.8) is 0 Å². The van der Waals surface area contributed by atoms with E-state index in [9.17, 15) is 15.0 Å². The highest BCUT2D eigenvalue weighted by Crippen LogP contribution is 2.47. The van der Waals surface area contributed by atoms with Gasteiger partial charge in [0.05, 0.1) is 39.5 Å². The molecule has 7 heteroatoms. The first-order valence-corrected chi connectivity index (χ1v) is 10.9. The van der Waals surface area contributed by atoms with Crippen molar-refractivity contribution in [3.05, 3.63) is 41.0 Å². The molecule has 0 spiro atoms. The molecule has 0 aromatic heterocycles.